The number of nitrogens with zero attached hydrogens (tertiary/aromatic N) is 1. The van der Waals surface area contributed by atoms with Gasteiger partial charge in [0.2, 0.25) is 0 Å². The van der Waals surface area contributed by atoms with E-state index >= 15 is 0 Å². The van der Waals surface area contributed by atoms with Crippen molar-refractivity contribution in [3.8, 4) is 0 Å². The Kier molecular flexibility index (Phi) is 8.74. The summed E-state index contributed by atoms with van der Waals surface area (Å²) in [6.07, 6.45) is 17.0. The van der Waals surface area contributed by atoms with Crippen molar-refractivity contribution in [1.82, 2.24) is 10.2 Å². The van der Waals surface area contributed by atoms with Gasteiger partial charge in [-0.1, -0.05) is 51.9 Å². The minimum atomic E-state index is 0.494. The van der Waals surface area contributed by atoms with Crippen LogP contribution in [0.4, 0.5) is 0 Å². The highest BCUT2D eigenvalue weighted by molar-refractivity contribution is 4.93. The Morgan fingerprint density at radius 1 is 1.06 bits per heavy atom. The van der Waals surface area contributed by atoms with Gasteiger partial charge in [0.1, 0.15) is 0 Å². The number of hydrogen-bond acceptors (Lipinski definition) is 3. The average molecular weight is 253 g/mol. The second kappa shape index (κ2) is 10.2. The number of nitrogens with one attached hydrogen (secondary N) is 1. The van der Waals surface area contributed by atoms with Gasteiger partial charge in [0.25, 0.3) is 0 Å². The number of unbranched alkanes of at least 4 members (excludes halogenated alkanes) is 7. The Balaban J connectivity index is 1.91. The first kappa shape index (κ1) is 15.4. The molecule has 3 N–H and O–H groups in total. The van der Waals surface area contributed by atoms with Crippen LogP contribution < -0.4 is 11.1 Å². The summed E-state index contributed by atoms with van der Waals surface area (Å²) in [5, 5.41) is 3.40. The van der Waals surface area contributed by atoms with Gasteiger partial charge in [-0.05, 0) is 12.8 Å². The molecule has 1 atom stereocenters. The van der Waals surface area contributed by atoms with E-state index in [9.17, 15) is 0 Å². The maximum atomic E-state index is 5.60. The van der Waals surface area contributed by atoms with E-state index in [2.05, 4.69) is 23.3 Å². The molecule has 1 unspecified atom stereocenters. The Morgan fingerprint density at radius 2 is 1.72 bits per heavy atom. The SMILES string of the molecule is CCCCCCCCCCC1NC=CN1CCN. The fourth-order valence-electron chi connectivity index (χ4n) is 2.55. The lowest BCUT2D eigenvalue weighted by molar-refractivity contribution is 0.264. The van der Waals surface area contributed by atoms with E-state index in [-0.39, 0.29) is 0 Å². The molecule has 1 heterocycles. The third-order valence-electron chi connectivity index (χ3n) is 3.67. The Morgan fingerprint density at radius 3 is 2.39 bits per heavy atom. The Bertz CT molecular complexity index is 216. The molecule has 1 aliphatic rings. The van der Waals surface area contributed by atoms with Gasteiger partial charge in [0, 0.05) is 25.5 Å². The minimum Gasteiger partial charge on any atom is -0.370 e. The van der Waals surface area contributed by atoms with Crippen LogP contribution in [0.25, 0.3) is 0 Å². The minimum absolute atomic E-state index is 0.494. The standard InChI is InChI=1S/C15H31N3/c1-2-3-4-5-6-7-8-9-10-15-17-12-14-18(15)13-11-16/h12,14-15,17H,2-11,13,16H2,1H3. The van der Waals surface area contributed by atoms with Gasteiger partial charge < -0.3 is 16.0 Å². The first-order valence-electron chi connectivity index (χ1n) is 7.77. The molecule has 0 amide bonds. The lowest BCUT2D eigenvalue weighted by Crippen LogP contribution is -2.37. The van der Waals surface area contributed by atoms with Crippen molar-refractivity contribution in [3.63, 3.8) is 0 Å². The summed E-state index contributed by atoms with van der Waals surface area (Å²) < 4.78 is 0. The maximum Gasteiger partial charge on any atom is 0.0981 e. The highest BCUT2D eigenvalue weighted by Gasteiger charge is 2.16. The molecule has 0 aliphatic carbocycles. The van der Waals surface area contributed by atoms with Crippen molar-refractivity contribution in [3.05, 3.63) is 12.4 Å². The van der Waals surface area contributed by atoms with E-state index in [4.69, 9.17) is 5.73 Å². The Labute approximate surface area is 113 Å². The molecule has 3 nitrogen and oxygen atoms in total. The molecule has 3 heteroatoms. The molecule has 0 bridgehead atoms. The zero-order valence-corrected chi connectivity index (χ0v) is 12.0. The van der Waals surface area contributed by atoms with Crippen molar-refractivity contribution in [2.45, 2.75) is 70.9 Å². The van der Waals surface area contributed by atoms with Crippen molar-refractivity contribution >= 4 is 0 Å². The van der Waals surface area contributed by atoms with E-state index in [1.54, 1.807) is 0 Å². The third-order valence-corrected chi connectivity index (χ3v) is 3.67. The van der Waals surface area contributed by atoms with Gasteiger partial charge in [0.05, 0.1) is 6.17 Å². The van der Waals surface area contributed by atoms with E-state index in [0.717, 1.165) is 13.1 Å². The molecule has 0 aromatic carbocycles. The molecule has 0 aromatic rings. The molecule has 1 rings (SSSR count). The van der Waals surface area contributed by atoms with Crippen LogP contribution in [0.5, 0.6) is 0 Å². The number of hydrogen-bond donors (Lipinski definition) is 2. The van der Waals surface area contributed by atoms with E-state index in [1.807, 2.05) is 6.20 Å². The zero-order chi connectivity index (χ0) is 13.1. The van der Waals surface area contributed by atoms with Crippen LogP contribution in [0.1, 0.15) is 64.7 Å². The summed E-state index contributed by atoms with van der Waals surface area (Å²) in [6.45, 7) is 3.97. The van der Waals surface area contributed by atoms with Crippen molar-refractivity contribution in [1.29, 1.82) is 0 Å². The highest BCUT2D eigenvalue weighted by Crippen LogP contribution is 2.14. The molecular weight excluding hydrogens is 222 g/mol. The summed E-state index contributed by atoms with van der Waals surface area (Å²) in [4.78, 5) is 2.32. The first-order chi connectivity index (χ1) is 8.88. The summed E-state index contributed by atoms with van der Waals surface area (Å²) in [5.41, 5.74) is 5.60. The van der Waals surface area contributed by atoms with Crippen LogP contribution in [0, 0.1) is 0 Å². The summed E-state index contributed by atoms with van der Waals surface area (Å²) in [7, 11) is 0. The van der Waals surface area contributed by atoms with Crippen LogP contribution in [0.2, 0.25) is 0 Å². The smallest absolute Gasteiger partial charge is 0.0981 e. The van der Waals surface area contributed by atoms with E-state index in [0.29, 0.717) is 6.17 Å². The van der Waals surface area contributed by atoms with Gasteiger partial charge in [-0.15, -0.1) is 0 Å². The van der Waals surface area contributed by atoms with Crippen LogP contribution in [-0.4, -0.2) is 24.2 Å². The molecule has 0 spiro atoms. The molecule has 0 saturated carbocycles. The summed E-state index contributed by atoms with van der Waals surface area (Å²) in [6, 6.07) is 0. The molecule has 106 valence electrons. The van der Waals surface area contributed by atoms with Gasteiger partial charge in [-0.3, -0.25) is 0 Å². The van der Waals surface area contributed by atoms with Gasteiger partial charge in [-0.25, -0.2) is 0 Å². The van der Waals surface area contributed by atoms with Crippen LogP contribution in [0.3, 0.4) is 0 Å². The highest BCUT2D eigenvalue weighted by atomic mass is 15.3. The van der Waals surface area contributed by atoms with E-state index < -0.39 is 0 Å². The normalized spacial score (nSPS) is 18.3. The molecule has 0 aromatic heterocycles. The van der Waals surface area contributed by atoms with Gasteiger partial charge >= 0.3 is 0 Å². The molecule has 18 heavy (non-hydrogen) atoms. The maximum absolute atomic E-state index is 5.60. The molecule has 0 radical (unpaired) electrons. The van der Waals surface area contributed by atoms with Gasteiger partial charge in [0.15, 0.2) is 0 Å². The van der Waals surface area contributed by atoms with Crippen LogP contribution in [-0.2, 0) is 0 Å². The predicted molar refractivity (Wildman–Crippen MR) is 79.1 cm³/mol. The average Bonchev–Trinajstić information content (AvgIpc) is 2.81. The lowest BCUT2D eigenvalue weighted by Gasteiger charge is -2.25. The number of rotatable bonds is 11. The fraction of sp³-hybridized carbons (Fsp3) is 0.867. The second-order valence-electron chi connectivity index (χ2n) is 5.29. The monoisotopic (exact) mass is 253 g/mol. The first-order valence-corrected chi connectivity index (χ1v) is 7.77. The van der Waals surface area contributed by atoms with Crippen molar-refractivity contribution in [2.75, 3.05) is 13.1 Å². The van der Waals surface area contributed by atoms with E-state index in [1.165, 1.54) is 57.8 Å². The molecule has 1 aliphatic heterocycles. The van der Waals surface area contributed by atoms with Crippen molar-refractivity contribution in [2.24, 2.45) is 5.73 Å². The fourth-order valence-corrected chi connectivity index (χ4v) is 2.55. The number of nitrogens with two attached hydrogens (primary N) is 1. The van der Waals surface area contributed by atoms with Crippen LogP contribution in [0.15, 0.2) is 12.4 Å². The van der Waals surface area contributed by atoms with Gasteiger partial charge in [-0.2, -0.15) is 0 Å². The summed E-state index contributed by atoms with van der Waals surface area (Å²) >= 11 is 0. The second-order valence-corrected chi connectivity index (χ2v) is 5.29. The molecular formula is C15H31N3. The van der Waals surface area contributed by atoms with Crippen LogP contribution >= 0.6 is 0 Å². The molecule has 0 fully saturated rings. The topological polar surface area (TPSA) is 41.3 Å². The quantitative estimate of drug-likeness (QED) is 0.556. The largest absolute Gasteiger partial charge is 0.370 e. The third kappa shape index (κ3) is 6.29. The zero-order valence-electron chi connectivity index (χ0n) is 12.0. The Hall–Kier alpha value is -0.700. The van der Waals surface area contributed by atoms with Crippen molar-refractivity contribution < 1.29 is 0 Å². The predicted octanol–water partition coefficient (Wildman–Crippen LogP) is 3.18. The lowest BCUT2D eigenvalue weighted by atomic mass is 10.1. The molecule has 0 saturated heterocycles. The summed E-state index contributed by atoms with van der Waals surface area (Å²) in [5.74, 6) is 0.